The van der Waals surface area contributed by atoms with Gasteiger partial charge in [0.2, 0.25) is 0 Å². The van der Waals surface area contributed by atoms with Crippen LogP contribution in [0.25, 0.3) is 10.9 Å². The quantitative estimate of drug-likeness (QED) is 0.790. The predicted octanol–water partition coefficient (Wildman–Crippen LogP) is 1.52. The number of likely N-dealkylation sites (N-methyl/N-ethyl adjacent to an activating group) is 1. The molecule has 0 saturated carbocycles. The molecule has 1 aromatic carbocycles. The molecule has 0 saturated heterocycles. The fourth-order valence-corrected chi connectivity index (χ4v) is 2.97. The van der Waals surface area contributed by atoms with E-state index in [4.69, 9.17) is 0 Å². The summed E-state index contributed by atoms with van der Waals surface area (Å²) in [4.78, 5) is 11.5. The molecule has 106 valence electrons. The lowest BCUT2D eigenvalue weighted by Gasteiger charge is -2.12. The van der Waals surface area contributed by atoms with Crippen molar-refractivity contribution >= 4 is 16.9 Å². The van der Waals surface area contributed by atoms with E-state index in [1.54, 1.807) is 0 Å². The van der Waals surface area contributed by atoms with Crippen LogP contribution in [-0.2, 0) is 24.9 Å². The Balaban J connectivity index is 2.18. The Morgan fingerprint density at radius 2 is 2.15 bits per heavy atom. The third-order valence-corrected chi connectivity index (χ3v) is 3.94. The van der Waals surface area contributed by atoms with Gasteiger partial charge in [0.25, 0.3) is 0 Å². The van der Waals surface area contributed by atoms with Gasteiger partial charge in [-0.05, 0) is 29.8 Å². The first kappa shape index (κ1) is 13.1. The summed E-state index contributed by atoms with van der Waals surface area (Å²) < 4.78 is 2.01. The van der Waals surface area contributed by atoms with E-state index in [1.165, 1.54) is 11.1 Å². The monoisotopic (exact) mass is 273 g/mol. The maximum absolute atomic E-state index is 11.5. The minimum Gasteiger partial charge on any atom is -0.480 e. The summed E-state index contributed by atoms with van der Waals surface area (Å²) in [6.07, 6.45) is 1.93. The van der Waals surface area contributed by atoms with E-state index < -0.39 is 12.0 Å². The second-order valence-electron chi connectivity index (χ2n) is 5.27. The molecular weight excluding hydrogens is 254 g/mol. The van der Waals surface area contributed by atoms with Crippen LogP contribution in [0.5, 0.6) is 0 Å². The van der Waals surface area contributed by atoms with Gasteiger partial charge in [0.15, 0.2) is 0 Å². The zero-order valence-electron chi connectivity index (χ0n) is 11.7. The predicted molar refractivity (Wildman–Crippen MR) is 77.5 cm³/mol. The molecule has 5 nitrogen and oxygen atoms in total. The second-order valence-corrected chi connectivity index (χ2v) is 5.27. The Kier molecular flexibility index (Phi) is 3.23. The van der Waals surface area contributed by atoms with Gasteiger partial charge < -0.3 is 20.3 Å². The second kappa shape index (κ2) is 4.92. The van der Waals surface area contributed by atoms with Gasteiger partial charge in [-0.1, -0.05) is 6.92 Å². The van der Waals surface area contributed by atoms with E-state index in [2.05, 4.69) is 22.8 Å². The van der Waals surface area contributed by atoms with Crippen LogP contribution in [0, 0.1) is 0 Å². The lowest BCUT2D eigenvalue weighted by atomic mass is 10.0. The number of aryl methyl sites for hydroxylation is 1. The van der Waals surface area contributed by atoms with Gasteiger partial charge in [-0.2, -0.15) is 0 Å². The van der Waals surface area contributed by atoms with E-state index >= 15 is 0 Å². The summed E-state index contributed by atoms with van der Waals surface area (Å²) in [5.74, 6) is -0.835. The van der Waals surface area contributed by atoms with Crippen molar-refractivity contribution in [1.29, 1.82) is 0 Å². The molecule has 3 rings (SSSR count). The third kappa shape index (κ3) is 1.99. The molecule has 1 aliphatic rings. The summed E-state index contributed by atoms with van der Waals surface area (Å²) in [5, 5.41) is 16.8. The number of hydrogen-bond acceptors (Lipinski definition) is 3. The van der Waals surface area contributed by atoms with Gasteiger partial charge in [-0.3, -0.25) is 4.79 Å². The highest BCUT2D eigenvalue weighted by Gasteiger charge is 2.24. The summed E-state index contributed by atoms with van der Waals surface area (Å²) in [5.41, 5.74) is 4.50. The molecule has 1 aliphatic heterocycles. The van der Waals surface area contributed by atoms with Crippen molar-refractivity contribution in [3.63, 3.8) is 0 Å². The number of nitrogens with zero attached hydrogens (tertiary/aromatic N) is 1. The minimum atomic E-state index is -0.835. The molecule has 0 radical (unpaired) electrons. The van der Waals surface area contributed by atoms with Crippen molar-refractivity contribution in [2.45, 2.75) is 26.1 Å². The first-order valence-corrected chi connectivity index (χ1v) is 6.89. The third-order valence-electron chi connectivity index (χ3n) is 3.94. The molecule has 0 bridgehead atoms. The Hall–Kier alpha value is -1.85. The van der Waals surface area contributed by atoms with Crippen LogP contribution in [0.4, 0.5) is 0 Å². The molecule has 3 N–H and O–H groups in total. The largest absolute Gasteiger partial charge is 0.480 e. The Bertz CT molecular complexity index is 675. The zero-order chi connectivity index (χ0) is 14.3. The average molecular weight is 273 g/mol. The van der Waals surface area contributed by atoms with Crippen molar-refractivity contribution < 1.29 is 9.90 Å². The number of rotatable bonds is 4. The molecule has 0 amide bonds. The number of carboxylic acid groups (broad SMARTS) is 1. The van der Waals surface area contributed by atoms with Crippen molar-refractivity contribution in [1.82, 2.24) is 15.2 Å². The lowest BCUT2D eigenvalue weighted by molar-refractivity contribution is -0.139. The minimum absolute atomic E-state index is 0.625. The van der Waals surface area contributed by atoms with Gasteiger partial charge in [-0.15, -0.1) is 0 Å². The van der Waals surface area contributed by atoms with Crippen LogP contribution < -0.4 is 10.6 Å². The van der Waals surface area contributed by atoms with Crippen LogP contribution >= 0.6 is 0 Å². The number of hydrogen-bond donors (Lipinski definition) is 3. The average Bonchev–Trinajstić information content (AvgIpc) is 2.98. The van der Waals surface area contributed by atoms with Crippen molar-refractivity contribution in [3.05, 3.63) is 35.0 Å². The fourth-order valence-electron chi connectivity index (χ4n) is 2.97. The first-order valence-electron chi connectivity index (χ1n) is 6.89. The van der Waals surface area contributed by atoms with Crippen LogP contribution in [0.1, 0.15) is 29.7 Å². The highest BCUT2D eigenvalue weighted by atomic mass is 16.4. The molecule has 5 heteroatoms. The number of nitrogens with one attached hydrogen (secondary N) is 2. The Morgan fingerprint density at radius 1 is 1.45 bits per heavy atom. The van der Waals surface area contributed by atoms with E-state index in [9.17, 15) is 9.90 Å². The lowest BCUT2D eigenvalue weighted by Crippen LogP contribution is -2.28. The molecule has 0 aliphatic carbocycles. The van der Waals surface area contributed by atoms with Gasteiger partial charge >= 0.3 is 5.97 Å². The summed E-state index contributed by atoms with van der Waals surface area (Å²) >= 11 is 0. The Labute approximate surface area is 117 Å². The SMILES string of the molecule is CCNC(C(=O)O)c1cn(C)c2cc3c(cc12)CNC3. The zero-order valence-corrected chi connectivity index (χ0v) is 11.7. The van der Waals surface area contributed by atoms with E-state index in [-0.39, 0.29) is 0 Å². The Morgan fingerprint density at radius 3 is 2.80 bits per heavy atom. The number of carbonyl (C=O) groups is 1. The van der Waals surface area contributed by atoms with E-state index in [0.29, 0.717) is 6.54 Å². The molecule has 1 atom stereocenters. The molecule has 0 fully saturated rings. The van der Waals surface area contributed by atoms with Gasteiger partial charge in [0, 0.05) is 42.8 Å². The van der Waals surface area contributed by atoms with Crippen LogP contribution in [0.2, 0.25) is 0 Å². The maximum Gasteiger partial charge on any atom is 0.325 e. The topological polar surface area (TPSA) is 66.3 Å². The van der Waals surface area contributed by atoms with E-state index in [1.807, 2.05) is 24.7 Å². The van der Waals surface area contributed by atoms with Crippen LogP contribution in [0.15, 0.2) is 18.3 Å². The number of fused-ring (bicyclic) bond motifs is 2. The van der Waals surface area contributed by atoms with Crippen molar-refractivity contribution in [3.8, 4) is 0 Å². The first-order chi connectivity index (χ1) is 9.61. The number of aromatic nitrogens is 1. The van der Waals surface area contributed by atoms with E-state index in [0.717, 1.165) is 29.6 Å². The maximum atomic E-state index is 11.5. The molecular formula is C15H19N3O2. The molecule has 20 heavy (non-hydrogen) atoms. The van der Waals surface area contributed by atoms with Crippen LogP contribution in [-0.4, -0.2) is 22.2 Å². The van der Waals surface area contributed by atoms with Gasteiger partial charge in [0.05, 0.1) is 0 Å². The standard InChI is InChI=1S/C15H19N3O2/c1-3-17-14(15(19)20)12-8-18(2)13-5-10-7-16-6-9(10)4-11(12)13/h4-5,8,14,16-17H,3,6-7H2,1-2H3,(H,19,20). The van der Waals surface area contributed by atoms with Gasteiger partial charge in [-0.25, -0.2) is 0 Å². The van der Waals surface area contributed by atoms with Crippen molar-refractivity contribution in [2.75, 3.05) is 6.54 Å². The summed E-state index contributed by atoms with van der Waals surface area (Å²) in [6, 6.07) is 3.64. The summed E-state index contributed by atoms with van der Waals surface area (Å²) in [6.45, 7) is 4.29. The highest BCUT2D eigenvalue weighted by molar-refractivity contribution is 5.90. The number of benzene rings is 1. The van der Waals surface area contributed by atoms with Crippen LogP contribution in [0.3, 0.4) is 0 Å². The molecule has 0 spiro atoms. The fraction of sp³-hybridized carbons (Fsp3) is 0.400. The smallest absolute Gasteiger partial charge is 0.325 e. The molecule has 2 heterocycles. The van der Waals surface area contributed by atoms with Crippen molar-refractivity contribution in [2.24, 2.45) is 7.05 Å². The van der Waals surface area contributed by atoms with Gasteiger partial charge in [0.1, 0.15) is 6.04 Å². The molecule has 1 unspecified atom stereocenters. The molecule has 2 aromatic rings. The number of aliphatic carboxylic acids is 1. The molecule has 1 aromatic heterocycles. The summed E-state index contributed by atoms with van der Waals surface area (Å²) in [7, 11) is 1.96. The highest BCUT2D eigenvalue weighted by Crippen LogP contribution is 2.30. The number of carboxylic acids is 1. The normalized spacial score (nSPS) is 15.5.